The molecule has 0 aliphatic rings. The van der Waals surface area contributed by atoms with Crippen LogP contribution < -0.4 is 0 Å². The molecule has 2 heteroatoms. The van der Waals surface area contributed by atoms with E-state index in [9.17, 15) is 10.2 Å². The fourth-order valence-electron chi connectivity index (χ4n) is 1.96. The van der Waals surface area contributed by atoms with Gasteiger partial charge in [0.25, 0.3) is 0 Å². The lowest BCUT2D eigenvalue weighted by Crippen LogP contribution is -2.02. The van der Waals surface area contributed by atoms with Gasteiger partial charge in [0.1, 0.15) is 11.9 Å². The quantitative estimate of drug-likeness (QED) is 0.829. The zero-order valence-electron chi connectivity index (χ0n) is 10.0. The molecule has 0 aliphatic carbocycles. The van der Waals surface area contributed by atoms with Crippen molar-refractivity contribution < 1.29 is 10.2 Å². The Morgan fingerprint density at radius 2 is 1.59 bits per heavy atom. The fraction of sp³-hybridized carbons (Fsp3) is 0.200. The van der Waals surface area contributed by atoms with E-state index in [2.05, 4.69) is 0 Å². The third kappa shape index (κ3) is 2.17. The van der Waals surface area contributed by atoms with Crippen LogP contribution in [0.5, 0.6) is 5.75 Å². The number of rotatable bonds is 2. The summed E-state index contributed by atoms with van der Waals surface area (Å²) in [6.07, 6.45) is -0.692. The number of phenolic OH excluding ortho intramolecular Hbond substituents is 1. The molecule has 0 heterocycles. The van der Waals surface area contributed by atoms with Gasteiger partial charge in [-0.1, -0.05) is 42.5 Å². The Kier molecular flexibility index (Phi) is 3.16. The Morgan fingerprint density at radius 1 is 0.941 bits per heavy atom. The van der Waals surface area contributed by atoms with Gasteiger partial charge in [0.05, 0.1) is 0 Å². The van der Waals surface area contributed by atoms with Gasteiger partial charge >= 0.3 is 0 Å². The third-order valence-corrected chi connectivity index (χ3v) is 3.08. The normalized spacial score (nSPS) is 12.4. The van der Waals surface area contributed by atoms with Gasteiger partial charge in [-0.2, -0.15) is 0 Å². The summed E-state index contributed by atoms with van der Waals surface area (Å²) in [5, 5.41) is 20.1. The number of aryl methyl sites for hydroxylation is 1. The summed E-state index contributed by atoms with van der Waals surface area (Å²) in [5.74, 6) is 0.262. The van der Waals surface area contributed by atoms with E-state index in [1.807, 2.05) is 56.3 Å². The smallest absolute Gasteiger partial charge is 0.121 e. The zero-order valence-corrected chi connectivity index (χ0v) is 10.0. The average molecular weight is 228 g/mol. The molecule has 0 bridgehead atoms. The van der Waals surface area contributed by atoms with Crippen LogP contribution in [-0.4, -0.2) is 10.2 Å². The molecule has 0 spiro atoms. The van der Waals surface area contributed by atoms with Crippen LogP contribution in [0.25, 0.3) is 0 Å². The maximum atomic E-state index is 10.3. The third-order valence-electron chi connectivity index (χ3n) is 3.08. The van der Waals surface area contributed by atoms with Crippen molar-refractivity contribution in [1.82, 2.24) is 0 Å². The van der Waals surface area contributed by atoms with E-state index in [0.717, 1.165) is 22.3 Å². The van der Waals surface area contributed by atoms with Gasteiger partial charge in [-0.25, -0.2) is 0 Å². The molecule has 2 rings (SSSR count). The maximum Gasteiger partial charge on any atom is 0.121 e. The number of hydrogen-bond acceptors (Lipinski definition) is 2. The highest BCUT2D eigenvalue weighted by Crippen LogP contribution is 2.31. The molecule has 0 radical (unpaired) electrons. The second-order valence-electron chi connectivity index (χ2n) is 4.26. The molecular formula is C15H16O2. The van der Waals surface area contributed by atoms with E-state index in [-0.39, 0.29) is 5.75 Å². The van der Waals surface area contributed by atoms with Crippen LogP contribution in [0.3, 0.4) is 0 Å². The molecule has 17 heavy (non-hydrogen) atoms. The van der Waals surface area contributed by atoms with E-state index < -0.39 is 6.10 Å². The van der Waals surface area contributed by atoms with Gasteiger partial charge < -0.3 is 10.2 Å². The van der Waals surface area contributed by atoms with Gasteiger partial charge in [-0.15, -0.1) is 0 Å². The van der Waals surface area contributed by atoms with Crippen molar-refractivity contribution in [3.8, 4) is 5.75 Å². The number of phenols is 1. The summed E-state index contributed by atoms with van der Waals surface area (Å²) in [6, 6.07) is 13.1. The second kappa shape index (κ2) is 4.60. The van der Waals surface area contributed by atoms with Crippen molar-refractivity contribution >= 4 is 0 Å². The summed E-state index contributed by atoms with van der Waals surface area (Å²) in [5.41, 5.74) is 3.14. The predicted molar refractivity (Wildman–Crippen MR) is 68.1 cm³/mol. The summed E-state index contributed by atoms with van der Waals surface area (Å²) in [7, 11) is 0. The molecule has 88 valence electrons. The SMILES string of the molecule is Cc1ccc(C(O)c2ccccc2)c(C)c1O. The molecule has 0 saturated carbocycles. The molecule has 0 aromatic heterocycles. The maximum absolute atomic E-state index is 10.3. The molecule has 0 saturated heterocycles. The molecule has 0 amide bonds. The Hall–Kier alpha value is -1.80. The van der Waals surface area contributed by atoms with Crippen LogP contribution in [0.4, 0.5) is 0 Å². The van der Waals surface area contributed by atoms with Gasteiger partial charge in [-0.3, -0.25) is 0 Å². The van der Waals surface area contributed by atoms with Crippen molar-refractivity contribution in [1.29, 1.82) is 0 Å². The van der Waals surface area contributed by atoms with E-state index >= 15 is 0 Å². The van der Waals surface area contributed by atoms with Crippen LogP contribution >= 0.6 is 0 Å². The number of aliphatic hydroxyl groups excluding tert-OH is 1. The van der Waals surface area contributed by atoms with Crippen molar-refractivity contribution in [3.63, 3.8) is 0 Å². The summed E-state index contributed by atoms with van der Waals surface area (Å²) < 4.78 is 0. The highest BCUT2D eigenvalue weighted by molar-refractivity contribution is 5.47. The highest BCUT2D eigenvalue weighted by Gasteiger charge is 2.15. The van der Waals surface area contributed by atoms with Crippen LogP contribution in [0.2, 0.25) is 0 Å². The van der Waals surface area contributed by atoms with Crippen molar-refractivity contribution in [2.24, 2.45) is 0 Å². The standard InChI is InChI=1S/C15H16O2/c1-10-8-9-13(11(2)14(10)16)15(17)12-6-4-3-5-7-12/h3-9,15-17H,1-2H3. The van der Waals surface area contributed by atoms with E-state index in [1.54, 1.807) is 0 Å². The molecule has 2 nitrogen and oxygen atoms in total. The Bertz CT molecular complexity index is 518. The van der Waals surface area contributed by atoms with E-state index in [4.69, 9.17) is 0 Å². The molecule has 2 aromatic carbocycles. The highest BCUT2D eigenvalue weighted by atomic mass is 16.3. The fourth-order valence-corrected chi connectivity index (χ4v) is 1.96. The molecule has 0 aliphatic heterocycles. The van der Waals surface area contributed by atoms with E-state index in [1.165, 1.54) is 0 Å². The summed E-state index contributed by atoms with van der Waals surface area (Å²) in [6.45, 7) is 3.67. The first-order chi connectivity index (χ1) is 8.11. The van der Waals surface area contributed by atoms with Gasteiger partial charge in [-0.05, 0) is 36.1 Å². The minimum Gasteiger partial charge on any atom is -0.507 e. The summed E-state index contributed by atoms with van der Waals surface area (Å²) >= 11 is 0. The Labute approximate surface area is 101 Å². The lowest BCUT2D eigenvalue weighted by Gasteiger charge is -2.16. The van der Waals surface area contributed by atoms with Crippen LogP contribution in [-0.2, 0) is 0 Å². The first-order valence-corrected chi connectivity index (χ1v) is 5.63. The second-order valence-corrected chi connectivity index (χ2v) is 4.26. The minimum atomic E-state index is -0.692. The summed E-state index contributed by atoms with van der Waals surface area (Å²) in [4.78, 5) is 0. The molecule has 1 unspecified atom stereocenters. The molecule has 2 N–H and O–H groups in total. The molecule has 0 fully saturated rings. The van der Waals surface area contributed by atoms with Crippen molar-refractivity contribution in [2.75, 3.05) is 0 Å². The van der Waals surface area contributed by atoms with E-state index in [0.29, 0.717) is 0 Å². The lowest BCUT2D eigenvalue weighted by molar-refractivity contribution is 0.219. The Morgan fingerprint density at radius 3 is 2.24 bits per heavy atom. The van der Waals surface area contributed by atoms with Crippen molar-refractivity contribution in [3.05, 3.63) is 64.7 Å². The van der Waals surface area contributed by atoms with Gasteiger partial charge in [0.2, 0.25) is 0 Å². The minimum absolute atomic E-state index is 0.262. The zero-order chi connectivity index (χ0) is 12.4. The molecule has 2 aromatic rings. The topological polar surface area (TPSA) is 40.5 Å². The first kappa shape index (κ1) is 11.7. The van der Waals surface area contributed by atoms with Crippen molar-refractivity contribution in [2.45, 2.75) is 20.0 Å². The monoisotopic (exact) mass is 228 g/mol. The van der Waals surface area contributed by atoms with Gasteiger partial charge in [0, 0.05) is 0 Å². The largest absolute Gasteiger partial charge is 0.507 e. The number of hydrogen-bond donors (Lipinski definition) is 2. The first-order valence-electron chi connectivity index (χ1n) is 5.63. The van der Waals surface area contributed by atoms with Gasteiger partial charge in [0.15, 0.2) is 0 Å². The molecule has 1 atom stereocenters. The lowest BCUT2D eigenvalue weighted by atomic mass is 9.95. The predicted octanol–water partition coefficient (Wildman–Crippen LogP) is 3.09. The van der Waals surface area contributed by atoms with Crippen LogP contribution in [0.15, 0.2) is 42.5 Å². The average Bonchev–Trinajstić information content (AvgIpc) is 2.36. The number of benzene rings is 2. The van der Waals surface area contributed by atoms with Crippen LogP contribution in [0.1, 0.15) is 28.4 Å². The number of aliphatic hydroxyl groups is 1. The molecular weight excluding hydrogens is 212 g/mol. The Balaban J connectivity index is 2.45. The van der Waals surface area contributed by atoms with Crippen LogP contribution in [0, 0.1) is 13.8 Å². The number of aromatic hydroxyl groups is 1.